The summed E-state index contributed by atoms with van der Waals surface area (Å²) in [4.78, 5) is 0. The van der Waals surface area contributed by atoms with Crippen molar-refractivity contribution in [2.45, 2.75) is 39.3 Å². The van der Waals surface area contributed by atoms with Crippen LogP contribution in [-0.4, -0.2) is 24.2 Å². The van der Waals surface area contributed by atoms with Gasteiger partial charge in [-0.3, -0.25) is 0 Å². The molecule has 0 saturated heterocycles. The molecule has 0 saturated carbocycles. The molecule has 0 bridgehead atoms. The van der Waals surface area contributed by atoms with Gasteiger partial charge in [-0.2, -0.15) is 0 Å². The quantitative estimate of drug-likeness (QED) is 0.263. The third kappa shape index (κ3) is 3.75. The maximum Gasteiger partial charge on any atom is 0.182 e. The van der Waals surface area contributed by atoms with Gasteiger partial charge < -0.3 is 0 Å². The summed E-state index contributed by atoms with van der Waals surface area (Å²) in [7, 11) is -5.14. The van der Waals surface area contributed by atoms with E-state index in [2.05, 4.69) is 148 Å². The first-order chi connectivity index (χ1) is 17.6. The van der Waals surface area contributed by atoms with Crippen LogP contribution in [0.2, 0.25) is 39.3 Å². The second kappa shape index (κ2) is 8.52. The number of hydrogen-bond donors (Lipinski definition) is 0. The molecule has 1 spiro atoms. The molecule has 0 radical (unpaired) electrons. The smallest absolute Gasteiger partial charge is 0.0656 e. The van der Waals surface area contributed by atoms with Crippen molar-refractivity contribution in [3.05, 3.63) is 120 Å². The predicted molar refractivity (Wildman–Crippen MR) is 172 cm³/mol. The van der Waals surface area contributed by atoms with E-state index in [9.17, 15) is 0 Å². The van der Waals surface area contributed by atoms with Gasteiger partial charge in [0.2, 0.25) is 0 Å². The van der Waals surface area contributed by atoms with Crippen LogP contribution in [0, 0.1) is 0 Å². The Kier molecular flexibility index (Phi) is 5.61. The first kappa shape index (κ1) is 24.4. The second-order valence-corrected chi connectivity index (χ2v) is 26.5. The molecule has 0 N–H and O–H groups in total. The molecule has 0 atom stereocenters. The summed E-state index contributed by atoms with van der Waals surface area (Å²) in [5, 5.41) is 9.16. The predicted octanol–water partition coefficient (Wildman–Crippen LogP) is 6.58. The van der Waals surface area contributed by atoms with E-state index < -0.39 is 24.2 Å². The Morgan fingerprint density at radius 2 is 0.784 bits per heavy atom. The fourth-order valence-electron chi connectivity index (χ4n) is 6.30. The molecule has 37 heavy (non-hydrogen) atoms. The number of rotatable bonds is 4. The minimum Gasteiger partial charge on any atom is -0.0656 e. The molecule has 0 fully saturated rings. The number of fused-ring (bicyclic) bond motifs is 5. The third-order valence-corrected chi connectivity index (χ3v) is 17.4. The molecular formula is C34H36Si3. The Hall–Kier alpha value is -2.99. The molecule has 2 aliphatic rings. The zero-order valence-corrected chi connectivity index (χ0v) is 25.9. The van der Waals surface area contributed by atoms with Gasteiger partial charge in [-0.15, -0.1) is 0 Å². The van der Waals surface area contributed by atoms with Gasteiger partial charge in [0, 0.05) is 0 Å². The Morgan fingerprint density at radius 3 is 1.14 bits per heavy atom. The lowest BCUT2D eigenvalue weighted by atomic mass is 10.1. The van der Waals surface area contributed by atoms with E-state index in [-0.39, 0.29) is 0 Å². The lowest BCUT2D eigenvalue weighted by Gasteiger charge is -2.33. The zero-order chi connectivity index (χ0) is 26.0. The molecule has 2 aliphatic heterocycles. The summed E-state index contributed by atoms with van der Waals surface area (Å²) in [6, 6.07) is 37.6. The van der Waals surface area contributed by atoms with Crippen molar-refractivity contribution in [2.24, 2.45) is 0 Å². The van der Waals surface area contributed by atoms with Crippen LogP contribution < -0.4 is 20.7 Å². The molecular weight excluding hydrogens is 493 g/mol. The summed E-state index contributed by atoms with van der Waals surface area (Å²) in [6.07, 6.45) is 4.91. The van der Waals surface area contributed by atoms with Gasteiger partial charge >= 0.3 is 0 Å². The zero-order valence-electron chi connectivity index (χ0n) is 22.9. The molecule has 0 unspecified atom stereocenters. The summed E-state index contributed by atoms with van der Waals surface area (Å²) in [6.45, 7) is 14.6. The number of hydrogen-bond acceptors (Lipinski definition) is 0. The molecule has 184 valence electrons. The van der Waals surface area contributed by atoms with Crippen LogP contribution in [0.15, 0.2) is 109 Å². The van der Waals surface area contributed by atoms with Crippen molar-refractivity contribution in [1.29, 1.82) is 0 Å². The van der Waals surface area contributed by atoms with Crippen LogP contribution in [0.1, 0.15) is 11.1 Å². The van der Waals surface area contributed by atoms with Crippen molar-refractivity contribution < 1.29 is 0 Å². The van der Waals surface area contributed by atoms with Gasteiger partial charge in [0.1, 0.15) is 0 Å². The minimum absolute atomic E-state index is 1.36. The molecule has 4 aromatic carbocycles. The molecule has 0 nitrogen and oxygen atoms in total. The van der Waals surface area contributed by atoms with Crippen LogP contribution >= 0.6 is 0 Å². The molecule has 2 heterocycles. The van der Waals surface area contributed by atoms with E-state index in [0.717, 1.165) is 0 Å². The van der Waals surface area contributed by atoms with Crippen LogP contribution in [0.5, 0.6) is 0 Å². The highest BCUT2D eigenvalue weighted by Crippen LogP contribution is 2.46. The van der Waals surface area contributed by atoms with Crippen LogP contribution in [-0.2, 0) is 0 Å². The topological polar surface area (TPSA) is 0 Å². The van der Waals surface area contributed by atoms with Gasteiger partial charge in [-0.25, -0.2) is 0 Å². The van der Waals surface area contributed by atoms with Crippen molar-refractivity contribution >= 4 is 55.4 Å². The van der Waals surface area contributed by atoms with E-state index >= 15 is 0 Å². The van der Waals surface area contributed by atoms with Crippen molar-refractivity contribution in [1.82, 2.24) is 0 Å². The lowest BCUT2D eigenvalue weighted by molar-refractivity contribution is 1.63. The highest BCUT2D eigenvalue weighted by molar-refractivity contribution is 7.28. The molecule has 0 aliphatic carbocycles. The van der Waals surface area contributed by atoms with E-state index in [1.807, 2.05) is 0 Å². The number of allylic oxidation sites excluding steroid dienone is 2. The summed E-state index contributed by atoms with van der Waals surface area (Å²) in [5.74, 6) is 0. The first-order valence-electron chi connectivity index (χ1n) is 13.5. The highest BCUT2D eigenvalue weighted by atomic mass is 28.3. The maximum atomic E-state index is 2.45. The largest absolute Gasteiger partial charge is 0.182 e. The molecule has 4 aromatic rings. The van der Waals surface area contributed by atoms with E-state index in [1.165, 1.54) is 53.4 Å². The van der Waals surface area contributed by atoms with Gasteiger partial charge in [0.15, 0.2) is 8.07 Å². The van der Waals surface area contributed by atoms with E-state index in [1.54, 1.807) is 0 Å². The van der Waals surface area contributed by atoms with Gasteiger partial charge in [-0.05, 0) is 43.0 Å². The fourth-order valence-corrected chi connectivity index (χ4v) is 14.2. The third-order valence-electron chi connectivity index (χ3n) is 8.30. The first-order valence-corrected chi connectivity index (χ1v) is 22.5. The monoisotopic (exact) mass is 528 g/mol. The molecule has 6 rings (SSSR count). The minimum atomic E-state index is -2.43. The van der Waals surface area contributed by atoms with Crippen molar-refractivity contribution in [3.8, 4) is 11.1 Å². The average molecular weight is 529 g/mol. The van der Waals surface area contributed by atoms with Gasteiger partial charge in [0.25, 0.3) is 0 Å². The fraction of sp³-hybridized carbons (Fsp3) is 0.176. The van der Waals surface area contributed by atoms with Gasteiger partial charge in [-0.1, -0.05) is 159 Å². The summed E-state index contributed by atoms with van der Waals surface area (Å²) >= 11 is 0. The Labute approximate surface area is 225 Å². The van der Waals surface area contributed by atoms with Crippen LogP contribution in [0.25, 0.3) is 21.5 Å². The van der Waals surface area contributed by atoms with E-state index in [0.29, 0.717) is 0 Å². The van der Waals surface area contributed by atoms with Crippen LogP contribution in [0.4, 0.5) is 0 Å². The summed E-state index contributed by atoms with van der Waals surface area (Å²) in [5.41, 5.74) is 5.59. The van der Waals surface area contributed by atoms with Crippen molar-refractivity contribution in [3.63, 3.8) is 0 Å². The van der Waals surface area contributed by atoms with E-state index in [4.69, 9.17) is 0 Å². The number of benzene rings is 4. The Bertz CT molecular complexity index is 1440. The molecule has 0 amide bonds. The highest BCUT2D eigenvalue weighted by Gasteiger charge is 2.53. The maximum absolute atomic E-state index is 2.45. The standard InChI is InChI=1S/C34H36Si3/c1-35(2,3)27-19-15-25(16-20-27)31-23-24-32(26-17-21-28(22-18-26)36(4,5)6)37(31)33-13-9-7-11-29(33)30-12-8-10-14-34(30)37/h7-24H,1-6H3. The van der Waals surface area contributed by atoms with Crippen molar-refractivity contribution in [2.75, 3.05) is 0 Å². The van der Waals surface area contributed by atoms with Crippen LogP contribution in [0.3, 0.4) is 0 Å². The van der Waals surface area contributed by atoms with Gasteiger partial charge in [0.05, 0.1) is 16.1 Å². The molecule has 3 heteroatoms. The lowest BCUT2D eigenvalue weighted by Crippen LogP contribution is -2.56. The SMILES string of the molecule is C[Si](C)(C)c1ccc(C2=CC=C(c3ccc([Si](C)(C)C)cc3)[Si]23c2ccccc2-c2ccccc23)cc1. The summed E-state index contributed by atoms with van der Waals surface area (Å²) < 4.78 is 0. The second-order valence-electron chi connectivity index (χ2n) is 12.7. The Balaban J connectivity index is 1.59. The molecule has 0 aromatic heterocycles. The normalized spacial score (nSPS) is 15.8. The average Bonchev–Trinajstić information content (AvgIpc) is 3.41. The Morgan fingerprint density at radius 1 is 0.432 bits per heavy atom.